The smallest absolute Gasteiger partial charge is 0.228 e. The lowest BCUT2D eigenvalue weighted by Gasteiger charge is -2.34. The fraction of sp³-hybridized carbons (Fsp3) is 0.579. The summed E-state index contributed by atoms with van der Waals surface area (Å²) < 4.78 is 0. The molecule has 0 aromatic heterocycles. The van der Waals surface area contributed by atoms with Gasteiger partial charge in [0.15, 0.2) is 0 Å². The van der Waals surface area contributed by atoms with Gasteiger partial charge in [-0.2, -0.15) is 0 Å². The van der Waals surface area contributed by atoms with Crippen molar-refractivity contribution in [1.29, 1.82) is 0 Å². The Labute approximate surface area is 144 Å². The minimum Gasteiger partial charge on any atom is -0.341 e. The third-order valence-electron chi connectivity index (χ3n) is 5.72. The molecular formula is C19H27N3O2. The van der Waals surface area contributed by atoms with E-state index < -0.39 is 5.54 Å². The van der Waals surface area contributed by atoms with Gasteiger partial charge in [-0.1, -0.05) is 18.2 Å². The number of rotatable bonds is 3. The summed E-state index contributed by atoms with van der Waals surface area (Å²) in [7, 11) is 5.73. The van der Waals surface area contributed by atoms with Crippen LogP contribution in [-0.4, -0.2) is 53.2 Å². The molecule has 2 amide bonds. The van der Waals surface area contributed by atoms with Gasteiger partial charge in [-0.3, -0.25) is 14.5 Å². The molecule has 3 rings (SSSR count). The number of nitrogens with zero attached hydrogens (tertiary/aromatic N) is 3. The predicted octanol–water partition coefficient (Wildman–Crippen LogP) is 1.85. The Morgan fingerprint density at radius 3 is 2.54 bits per heavy atom. The van der Waals surface area contributed by atoms with E-state index in [2.05, 4.69) is 30.1 Å². The molecule has 0 N–H and O–H groups in total. The number of fused-ring (bicyclic) bond motifs is 1. The van der Waals surface area contributed by atoms with Gasteiger partial charge in [-0.25, -0.2) is 0 Å². The summed E-state index contributed by atoms with van der Waals surface area (Å²) in [5, 5.41) is 0. The van der Waals surface area contributed by atoms with Crippen LogP contribution in [0.4, 0.5) is 0 Å². The molecule has 5 nitrogen and oxygen atoms in total. The zero-order valence-corrected chi connectivity index (χ0v) is 15.3. The van der Waals surface area contributed by atoms with Crippen LogP contribution in [0.1, 0.15) is 37.0 Å². The third-order valence-corrected chi connectivity index (χ3v) is 5.72. The van der Waals surface area contributed by atoms with Crippen LogP contribution in [0.25, 0.3) is 0 Å². The van der Waals surface area contributed by atoms with Crippen molar-refractivity contribution in [1.82, 2.24) is 14.7 Å². The maximum absolute atomic E-state index is 12.9. The average Bonchev–Trinajstić information content (AvgIpc) is 2.98. The van der Waals surface area contributed by atoms with Crippen molar-refractivity contribution in [3.63, 3.8) is 0 Å². The first-order chi connectivity index (χ1) is 11.2. The largest absolute Gasteiger partial charge is 0.341 e. The number of carbonyl (C=O) groups excluding carboxylic acids is 2. The molecule has 0 saturated carbocycles. The molecular weight excluding hydrogens is 302 g/mol. The maximum Gasteiger partial charge on any atom is 0.228 e. The Bertz CT molecular complexity index is 683. The van der Waals surface area contributed by atoms with E-state index in [0.29, 0.717) is 13.0 Å². The molecule has 1 saturated heterocycles. The van der Waals surface area contributed by atoms with E-state index in [9.17, 15) is 9.59 Å². The van der Waals surface area contributed by atoms with E-state index in [1.165, 1.54) is 11.1 Å². The second-order valence-electron chi connectivity index (χ2n) is 7.83. The minimum absolute atomic E-state index is 0.0484. The van der Waals surface area contributed by atoms with Gasteiger partial charge in [-0.15, -0.1) is 0 Å². The SMILES string of the molecule is CN1Cc2ccc(CN(C)C(=O)[C@H]3CC(=O)N(C)C3(C)C)cc2C1. The zero-order valence-electron chi connectivity index (χ0n) is 15.3. The second kappa shape index (κ2) is 5.88. The molecule has 24 heavy (non-hydrogen) atoms. The Hall–Kier alpha value is -1.88. The van der Waals surface area contributed by atoms with Crippen LogP contribution in [0.2, 0.25) is 0 Å². The molecule has 0 aliphatic carbocycles. The highest BCUT2D eigenvalue weighted by molar-refractivity contribution is 5.90. The lowest BCUT2D eigenvalue weighted by Crippen LogP contribution is -2.47. The highest BCUT2D eigenvalue weighted by Crippen LogP contribution is 2.35. The van der Waals surface area contributed by atoms with Crippen LogP contribution in [0.3, 0.4) is 0 Å². The van der Waals surface area contributed by atoms with Crippen LogP contribution < -0.4 is 0 Å². The molecule has 0 radical (unpaired) electrons. The summed E-state index contributed by atoms with van der Waals surface area (Å²) in [4.78, 5) is 30.6. The predicted molar refractivity (Wildman–Crippen MR) is 93.0 cm³/mol. The van der Waals surface area contributed by atoms with E-state index >= 15 is 0 Å². The topological polar surface area (TPSA) is 43.9 Å². The van der Waals surface area contributed by atoms with Crippen LogP contribution in [0.15, 0.2) is 18.2 Å². The van der Waals surface area contributed by atoms with Gasteiger partial charge in [-0.05, 0) is 37.6 Å². The summed E-state index contributed by atoms with van der Waals surface area (Å²) in [6.07, 6.45) is 0.307. The van der Waals surface area contributed by atoms with Gasteiger partial charge >= 0.3 is 0 Å². The molecule has 1 aromatic carbocycles. The van der Waals surface area contributed by atoms with Crippen LogP contribution in [-0.2, 0) is 29.2 Å². The van der Waals surface area contributed by atoms with Crippen molar-refractivity contribution < 1.29 is 9.59 Å². The van der Waals surface area contributed by atoms with Gasteiger partial charge in [0.25, 0.3) is 0 Å². The second-order valence-corrected chi connectivity index (χ2v) is 7.83. The zero-order chi connectivity index (χ0) is 17.6. The first-order valence-electron chi connectivity index (χ1n) is 8.51. The fourth-order valence-corrected chi connectivity index (χ4v) is 3.84. The molecule has 5 heteroatoms. The Balaban J connectivity index is 1.71. The van der Waals surface area contributed by atoms with Gasteiger partial charge < -0.3 is 9.80 Å². The summed E-state index contributed by atoms with van der Waals surface area (Å²) in [6.45, 7) is 6.49. The highest BCUT2D eigenvalue weighted by Gasteiger charge is 2.48. The Kier molecular flexibility index (Phi) is 4.16. The van der Waals surface area contributed by atoms with Gasteiger partial charge in [0.1, 0.15) is 0 Å². The maximum atomic E-state index is 12.9. The van der Waals surface area contributed by atoms with Crippen molar-refractivity contribution >= 4 is 11.8 Å². The molecule has 0 spiro atoms. The Morgan fingerprint density at radius 2 is 1.92 bits per heavy atom. The molecule has 130 valence electrons. The molecule has 2 heterocycles. The summed E-state index contributed by atoms with van der Waals surface area (Å²) in [6, 6.07) is 6.49. The minimum atomic E-state index is -0.428. The van der Waals surface area contributed by atoms with Crippen LogP contribution >= 0.6 is 0 Å². The van der Waals surface area contributed by atoms with E-state index in [1.54, 1.807) is 16.8 Å². The fourth-order valence-electron chi connectivity index (χ4n) is 3.84. The molecule has 2 aliphatic rings. The molecule has 1 aromatic rings. The van der Waals surface area contributed by atoms with E-state index in [-0.39, 0.29) is 17.7 Å². The van der Waals surface area contributed by atoms with Crippen molar-refractivity contribution in [2.75, 3.05) is 21.1 Å². The molecule has 2 aliphatic heterocycles. The number of hydrogen-bond acceptors (Lipinski definition) is 3. The number of benzene rings is 1. The van der Waals surface area contributed by atoms with Crippen LogP contribution in [0.5, 0.6) is 0 Å². The Morgan fingerprint density at radius 1 is 1.25 bits per heavy atom. The first kappa shape index (κ1) is 17.0. The normalized spacial score (nSPS) is 22.8. The van der Waals surface area contributed by atoms with E-state index in [1.807, 2.05) is 20.9 Å². The highest BCUT2D eigenvalue weighted by atomic mass is 16.2. The summed E-state index contributed by atoms with van der Waals surface area (Å²) in [5.74, 6) is -0.178. The number of amides is 2. The summed E-state index contributed by atoms with van der Waals surface area (Å²) >= 11 is 0. The summed E-state index contributed by atoms with van der Waals surface area (Å²) in [5.41, 5.74) is 3.45. The first-order valence-corrected chi connectivity index (χ1v) is 8.51. The van der Waals surface area contributed by atoms with Crippen molar-refractivity contribution in [2.45, 2.75) is 45.4 Å². The van der Waals surface area contributed by atoms with Gasteiger partial charge in [0, 0.05) is 45.7 Å². The van der Waals surface area contributed by atoms with Crippen molar-refractivity contribution in [2.24, 2.45) is 5.92 Å². The average molecular weight is 329 g/mol. The quantitative estimate of drug-likeness (QED) is 0.850. The molecule has 0 bridgehead atoms. The standard InChI is InChI=1S/C19H27N3O2/c1-19(2)16(9-17(23)22(19)5)18(24)21(4)10-13-6-7-14-11-20(3)12-15(14)8-13/h6-8,16H,9-12H2,1-5H3/t16-/m1/s1. The monoisotopic (exact) mass is 329 g/mol. The number of carbonyl (C=O) groups is 2. The van der Waals surface area contributed by atoms with E-state index in [0.717, 1.165) is 18.7 Å². The molecule has 0 unspecified atom stereocenters. The van der Waals surface area contributed by atoms with Crippen molar-refractivity contribution in [3.05, 3.63) is 34.9 Å². The third kappa shape index (κ3) is 2.81. The van der Waals surface area contributed by atoms with Crippen LogP contribution in [0, 0.1) is 5.92 Å². The lowest BCUT2D eigenvalue weighted by atomic mass is 9.87. The van der Waals surface area contributed by atoms with Crippen molar-refractivity contribution in [3.8, 4) is 0 Å². The van der Waals surface area contributed by atoms with Gasteiger partial charge in [0.2, 0.25) is 11.8 Å². The molecule has 1 fully saturated rings. The number of likely N-dealkylation sites (tertiary alicyclic amines) is 1. The van der Waals surface area contributed by atoms with Gasteiger partial charge in [0.05, 0.1) is 5.92 Å². The number of hydrogen-bond donors (Lipinski definition) is 0. The molecule has 1 atom stereocenters. The lowest BCUT2D eigenvalue weighted by molar-refractivity contribution is -0.137. The van der Waals surface area contributed by atoms with E-state index in [4.69, 9.17) is 0 Å².